The Balaban J connectivity index is 0.00000753. The number of hydrogen-bond acceptors (Lipinski definition) is 10. The number of aromatic nitrogens is 2. The molecule has 2 aromatic heterocycles. The number of rotatable bonds is 10. The average molecular weight is 1270 g/mol. The molecule has 82 heavy (non-hydrogen) atoms. The first-order valence-electron chi connectivity index (χ1n) is 28.5. The molecule has 11 rings (SSSR count). The van der Waals surface area contributed by atoms with E-state index in [1.165, 1.54) is 11.1 Å². The molecule has 0 bridgehead atoms. The third-order valence-corrected chi connectivity index (χ3v) is 15.0. The molecular weight excluding hydrogens is 1200 g/mol. The van der Waals surface area contributed by atoms with Crippen LogP contribution in [0.15, 0.2) is 140 Å². The Bertz CT molecular complexity index is 3480. The number of benzene rings is 6. The number of pyridine rings is 1. The molecule has 2 saturated heterocycles. The van der Waals surface area contributed by atoms with Crippen LogP contribution in [0, 0.1) is 18.8 Å². The molecule has 0 spiro atoms. The monoisotopic (exact) mass is 1270 g/mol. The van der Waals surface area contributed by atoms with Gasteiger partial charge in [0.1, 0.15) is 5.82 Å². The van der Waals surface area contributed by atoms with Gasteiger partial charge in [-0.3, -0.25) is 0 Å². The minimum Gasteiger partial charge on any atom is -0.493 e. The van der Waals surface area contributed by atoms with Crippen LogP contribution < -0.4 is 20.7 Å². The first-order valence-corrected chi connectivity index (χ1v) is 28.5. The third-order valence-electron chi connectivity index (χ3n) is 15.0. The van der Waals surface area contributed by atoms with Crippen LogP contribution in [-0.4, -0.2) is 52.3 Å². The third kappa shape index (κ3) is 12.6. The number of nitrogens with zero attached hydrogens (tertiary/aromatic N) is 4. The summed E-state index contributed by atoms with van der Waals surface area (Å²) in [5.74, 6) is 0.860. The van der Waals surface area contributed by atoms with E-state index in [2.05, 4.69) is 270 Å². The van der Waals surface area contributed by atoms with Crippen LogP contribution in [-0.2, 0) is 71.9 Å². The zero-order valence-electron chi connectivity index (χ0n) is 50.2. The summed E-state index contributed by atoms with van der Waals surface area (Å²) in [4.78, 5) is 9.32. The van der Waals surface area contributed by atoms with Gasteiger partial charge in [0.2, 0.25) is 0 Å². The fraction of sp³-hybridized carbons (Fsp3) is 0.344. The van der Waals surface area contributed by atoms with E-state index >= 15 is 0 Å². The number of para-hydroxylation sites is 2. The van der Waals surface area contributed by atoms with Crippen molar-refractivity contribution in [1.29, 1.82) is 0 Å². The SMILES string of the molecule is CC(C)(C)B1OB(c2cc(B3OB(C(C)(C)C)OB(C(C)(C)C)O3)cc(N3[CH-]N(c4[c-]c(COCc5[c-]c6c(cc5)c5cc(-c7ccccc7)ccc5n6-c5cc(C(C)(C)C)ccn5)ccc4)c4ccccc43)c2)OB(C(C)(C)C)O1.[Pt]. The summed E-state index contributed by atoms with van der Waals surface area (Å²) in [5, 5.41) is 0.913. The summed E-state index contributed by atoms with van der Waals surface area (Å²) in [6.45, 7) is 35.0. The molecule has 0 amide bonds. The molecule has 0 N–H and O–H groups in total. The molecule has 0 radical (unpaired) electrons. The Morgan fingerprint density at radius 2 is 1.05 bits per heavy atom. The van der Waals surface area contributed by atoms with Crippen LogP contribution in [0.3, 0.4) is 0 Å². The minimum absolute atomic E-state index is 0. The van der Waals surface area contributed by atoms with Gasteiger partial charge in [0.05, 0.1) is 0 Å². The first-order chi connectivity index (χ1) is 38.3. The van der Waals surface area contributed by atoms with Crippen LogP contribution in [0.2, 0.25) is 21.3 Å². The zero-order valence-corrected chi connectivity index (χ0v) is 52.5. The summed E-state index contributed by atoms with van der Waals surface area (Å²) in [7, 11) is -3.68. The largest absolute Gasteiger partial charge is 0.493 e. The van der Waals surface area contributed by atoms with Gasteiger partial charge in [-0.2, -0.15) is 42.5 Å². The fourth-order valence-corrected chi connectivity index (χ4v) is 10.5. The molecule has 0 atom stereocenters. The standard InChI is InChI=1S/C64H73B6N4O7.Pt/c1-60(2,3)48-32-33-71-59(37-48)74-55-31-29-47(46-23-17-16-18-24-46)36-54(55)53-30-28-45(35-58(53)74)42-75-41-44-22-21-25-51(34-44)72-43-73(57-27-20-19-26-56(57)72)52-39-49(65-76-67(61(4,5)6)80-68(77-65)62(7,8)9)38-50(40-52)66-78-69(63(10,11)12)81-70(79-66)64(13,14)15;/h16-33,36-40,43H,41-42H2,1-15H3;/q-3;. The molecule has 11 nitrogen and oxygen atoms in total. The second kappa shape index (κ2) is 22.9. The molecule has 8 aromatic rings. The molecule has 2 fully saturated rings. The molecule has 0 saturated carbocycles. The van der Waals surface area contributed by atoms with Crippen molar-refractivity contribution < 1.29 is 53.2 Å². The van der Waals surface area contributed by atoms with E-state index in [-0.39, 0.29) is 47.7 Å². The summed E-state index contributed by atoms with van der Waals surface area (Å²) in [6, 6.07) is 54.4. The van der Waals surface area contributed by atoms with Gasteiger partial charge in [0.25, 0.3) is 0 Å². The van der Waals surface area contributed by atoms with Crippen LogP contribution in [0.25, 0.3) is 38.8 Å². The van der Waals surface area contributed by atoms with Crippen LogP contribution in [0.4, 0.5) is 22.7 Å². The number of hydrogen-bond donors (Lipinski definition) is 0. The predicted octanol–water partition coefficient (Wildman–Crippen LogP) is 14.5. The van der Waals surface area contributed by atoms with Crippen molar-refractivity contribution in [3.05, 3.63) is 175 Å². The van der Waals surface area contributed by atoms with Crippen molar-refractivity contribution in [2.24, 2.45) is 0 Å². The van der Waals surface area contributed by atoms with Crippen molar-refractivity contribution in [3.8, 4) is 16.9 Å². The summed E-state index contributed by atoms with van der Waals surface area (Å²) < 4.78 is 49.0. The first kappa shape index (κ1) is 59.8. The second-order valence-corrected chi connectivity index (χ2v) is 27.4. The van der Waals surface area contributed by atoms with Crippen molar-refractivity contribution in [3.63, 3.8) is 0 Å². The van der Waals surface area contributed by atoms with Crippen LogP contribution >= 0.6 is 0 Å². The van der Waals surface area contributed by atoms with E-state index < -0.39 is 42.7 Å². The summed E-state index contributed by atoms with van der Waals surface area (Å²) in [6.07, 6.45) is 1.91. The maximum atomic E-state index is 6.78. The predicted molar refractivity (Wildman–Crippen MR) is 336 cm³/mol. The van der Waals surface area contributed by atoms with Gasteiger partial charge in [0, 0.05) is 63.1 Å². The van der Waals surface area contributed by atoms with E-state index in [1.807, 2.05) is 6.20 Å². The topological polar surface area (TPSA) is 88.9 Å². The molecule has 3 aliphatic rings. The van der Waals surface area contributed by atoms with E-state index in [0.29, 0.717) is 13.2 Å². The molecule has 5 heterocycles. The zero-order chi connectivity index (χ0) is 57.4. The van der Waals surface area contributed by atoms with Gasteiger partial charge in [0.15, 0.2) is 0 Å². The van der Waals surface area contributed by atoms with Gasteiger partial charge < -0.3 is 46.5 Å². The molecule has 3 aliphatic heterocycles. The van der Waals surface area contributed by atoms with Crippen LogP contribution in [0.5, 0.6) is 0 Å². The van der Waals surface area contributed by atoms with Gasteiger partial charge >= 0.3 is 42.7 Å². The van der Waals surface area contributed by atoms with Crippen molar-refractivity contribution in [2.75, 3.05) is 9.80 Å². The maximum Gasteiger partial charge on any atom is 0.466 e. The quantitative estimate of drug-likeness (QED) is 0.0974. The fourth-order valence-electron chi connectivity index (χ4n) is 10.5. The molecule has 422 valence electrons. The maximum absolute atomic E-state index is 6.78. The number of fused-ring (bicyclic) bond motifs is 4. The van der Waals surface area contributed by atoms with Gasteiger partial charge in [-0.25, -0.2) is 4.98 Å². The number of anilines is 4. The van der Waals surface area contributed by atoms with Crippen LogP contribution in [0.1, 0.15) is 121 Å². The molecular formula is C64H73B6N4O7Pt-3. The number of ether oxygens (including phenoxy) is 1. The molecule has 0 unspecified atom stereocenters. The Morgan fingerprint density at radius 1 is 0.500 bits per heavy atom. The van der Waals surface area contributed by atoms with E-state index in [0.717, 1.165) is 78.0 Å². The van der Waals surface area contributed by atoms with Gasteiger partial charge in [-0.1, -0.05) is 170 Å². The Labute approximate surface area is 503 Å². The molecule has 0 aliphatic carbocycles. The summed E-state index contributed by atoms with van der Waals surface area (Å²) >= 11 is 0. The van der Waals surface area contributed by atoms with Crippen molar-refractivity contribution in [2.45, 2.75) is 144 Å². The smallest absolute Gasteiger partial charge is 0.466 e. The van der Waals surface area contributed by atoms with E-state index in [4.69, 9.17) is 37.2 Å². The molecule has 18 heteroatoms. The normalized spacial score (nSPS) is 15.7. The van der Waals surface area contributed by atoms with Crippen molar-refractivity contribution >= 4 is 98.2 Å². The Hall–Kier alpha value is -5.33. The van der Waals surface area contributed by atoms with E-state index in [9.17, 15) is 0 Å². The molecule has 6 aromatic carbocycles. The Morgan fingerprint density at radius 3 is 1.61 bits per heavy atom. The van der Waals surface area contributed by atoms with Gasteiger partial charge in [-0.15, -0.1) is 28.9 Å². The van der Waals surface area contributed by atoms with Gasteiger partial charge in [-0.05, 0) is 102 Å². The minimum atomic E-state index is -0.762. The average Bonchev–Trinajstić information content (AvgIpc) is 2.55. The van der Waals surface area contributed by atoms with Crippen molar-refractivity contribution in [1.82, 2.24) is 9.55 Å². The Kier molecular flexibility index (Phi) is 16.7. The summed E-state index contributed by atoms with van der Waals surface area (Å²) in [5.41, 5.74) is 12.7. The van der Waals surface area contributed by atoms with E-state index in [1.54, 1.807) is 0 Å². The second-order valence-electron chi connectivity index (χ2n) is 27.4.